The molecule has 0 spiro atoms. The summed E-state index contributed by atoms with van der Waals surface area (Å²) in [5.41, 5.74) is 14.4. The van der Waals surface area contributed by atoms with Gasteiger partial charge in [-0.3, -0.25) is 0 Å². The number of anilines is 1. The maximum atomic E-state index is 7.08. The maximum absolute atomic E-state index is 7.08. The zero-order chi connectivity index (χ0) is 20.6. The van der Waals surface area contributed by atoms with Gasteiger partial charge in [0.15, 0.2) is 0 Å². The van der Waals surface area contributed by atoms with Crippen molar-refractivity contribution in [3.8, 4) is 0 Å². The van der Waals surface area contributed by atoms with Crippen LogP contribution in [0.3, 0.4) is 0 Å². The van der Waals surface area contributed by atoms with Crippen LogP contribution in [-0.4, -0.2) is 0 Å². The Labute approximate surface area is 170 Å². The molecule has 0 fully saturated rings. The molecule has 0 radical (unpaired) electrons. The molecule has 0 aromatic heterocycles. The van der Waals surface area contributed by atoms with Crippen molar-refractivity contribution in [3.63, 3.8) is 0 Å². The van der Waals surface area contributed by atoms with E-state index in [1.165, 1.54) is 62.5 Å². The molecular formula is C26H47N. The summed E-state index contributed by atoms with van der Waals surface area (Å²) in [6.07, 6.45) is 9.54. The minimum Gasteiger partial charge on any atom is -0.398 e. The molecule has 0 atom stereocenters. The Bertz CT molecular complexity index is 498. The van der Waals surface area contributed by atoms with E-state index in [4.69, 9.17) is 5.73 Å². The maximum Gasteiger partial charge on any atom is 0.0390 e. The van der Waals surface area contributed by atoms with Gasteiger partial charge in [-0.2, -0.15) is 0 Å². The van der Waals surface area contributed by atoms with Crippen molar-refractivity contribution in [2.45, 2.75) is 130 Å². The van der Waals surface area contributed by atoms with Crippen LogP contribution in [-0.2, 0) is 0 Å². The van der Waals surface area contributed by atoms with Gasteiger partial charge in [-0.15, -0.1) is 0 Å². The largest absolute Gasteiger partial charge is 0.398 e. The van der Waals surface area contributed by atoms with Crippen molar-refractivity contribution in [3.05, 3.63) is 28.3 Å². The first kappa shape index (κ1) is 24.1. The van der Waals surface area contributed by atoms with Crippen LogP contribution in [0.1, 0.15) is 153 Å². The summed E-state index contributed by atoms with van der Waals surface area (Å²) in [7, 11) is 0. The van der Waals surface area contributed by atoms with Gasteiger partial charge in [0.05, 0.1) is 0 Å². The minimum absolute atomic E-state index is 0.587. The molecule has 1 nitrogen and oxygen atoms in total. The molecule has 156 valence electrons. The van der Waals surface area contributed by atoms with Crippen LogP contribution in [0.2, 0.25) is 0 Å². The molecule has 0 aliphatic heterocycles. The van der Waals surface area contributed by atoms with E-state index in [1.807, 2.05) is 0 Å². The van der Waals surface area contributed by atoms with Crippen LogP contribution < -0.4 is 5.73 Å². The predicted molar refractivity (Wildman–Crippen MR) is 124 cm³/mol. The van der Waals surface area contributed by atoms with E-state index in [9.17, 15) is 0 Å². The van der Waals surface area contributed by atoms with Crippen molar-refractivity contribution in [2.75, 3.05) is 5.73 Å². The van der Waals surface area contributed by atoms with E-state index < -0.39 is 0 Å². The van der Waals surface area contributed by atoms with E-state index in [0.29, 0.717) is 23.7 Å². The first-order valence-electron chi connectivity index (χ1n) is 11.9. The van der Waals surface area contributed by atoms with Crippen molar-refractivity contribution >= 4 is 5.69 Å². The number of hydrogen-bond acceptors (Lipinski definition) is 1. The highest BCUT2D eigenvalue weighted by atomic mass is 14.6. The molecular weight excluding hydrogens is 326 g/mol. The van der Waals surface area contributed by atoms with E-state index in [-0.39, 0.29) is 0 Å². The second-order valence-electron chi connectivity index (χ2n) is 8.35. The Morgan fingerprint density at radius 3 is 1.00 bits per heavy atom. The lowest BCUT2D eigenvalue weighted by Crippen LogP contribution is -2.17. The zero-order valence-electron chi connectivity index (χ0n) is 19.6. The van der Waals surface area contributed by atoms with Crippen molar-refractivity contribution in [1.82, 2.24) is 0 Å². The van der Waals surface area contributed by atoms with Crippen LogP contribution in [0.15, 0.2) is 6.07 Å². The van der Waals surface area contributed by atoms with Crippen molar-refractivity contribution in [2.24, 2.45) is 0 Å². The van der Waals surface area contributed by atoms with Gasteiger partial charge in [-0.05, 0) is 97.3 Å². The molecule has 1 aromatic rings. The Morgan fingerprint density at radius 2 is 0.778 bits per heavy atom. The first-order chi connectivity index (χ1) is 13.0. The molecule has 0 saturated heterocycles. The summed E-state index contributed by atoms with van der Waals surface area (Å²) in [5, 5.41) is 0. The number of nitrogen functional groups attached to an aromatic ring is 1. The Balaban J connectivity index is 3.92. The summed E-state index contributed by atoms with van der Waals surface area (Å²) in [4.78, 5) is 0. The van der Waals surface area contributed by atoms with Crippen LogP contribution >= 0.6 is 0 Å². The van der Waals surface area contributed by atoms with E-state index >= 15 is 0 Å². The van der Waals surface area contributed by atoms with Gasteiger partial charge >= 0.3 is 0 Å². The summed E-state index contributed by atoms with van der Waals surface area (Å²) in [6.45, 7) is 18.7. The predicted octanol–water partition coefficient (Wildman–Crippen LogP) is 8.88. The fraction of sp³-hybridized carbons (Fsp3) is 0.769. The van der Waals surface area contributed by atoms with Gasteiger partial charge in [0.2, 0.25) is 0 Å². The average molecular weight is 374 g/mol. The number of hydrogen-bond donors (Lipinski definition) is 1. The highest BCUT2D eigenvalue weighted by Gasteiger charge is 2.28. The summed E-state index contributed by atoms with van der Waals surface area (Å²) >= 11 is 0. The molecule has 0 amide bonds. The van der Waals surface area contributed by atoms with E-state index in [0.717, 1.165) is 5.69 Å². The van der Waals surface area contributed by atoms with Crippen LogP contribution in [0.5, 0.6) is 0 Å². The van der Waals surface area contributed by atoms with Gasteiger partial charge in [-0.1, -0.05) is 61.5 Å². The average Bonchev–Trinajstić information content (AvgIpc) is 2.69. The fourth-order valence-corrected chi connectivity index (χ4v) is 5.22. The number of benzene rings is 1. The number of nitrogens with two attached hydrogens (primary N) is 1. The molecule has 0 unspecified atom stereocenters. The van der Waals surface area contributed by atoms with E-state index in [2.05, 4.69) is 61.5 Å². The van der Waals surface area contributed by atoms with Gasteiger partial charge in [0.1, 0.15) is 0 Å². The third-order valence-electron chi connectivity index (χ3n) is 7.15. The first-order valence-corrected chi connectivity index (χ1v) is 11.9. The Morgan fingerprint density at radius 1 is 0.519 bits per heavy atom. The third kappa shape index (κ3) is 5.09. The van der Waals surface area contributed by atoms with Gasteiger partial charge in [0.25, 0.3) is 0 Å². The molecule has 0 aliphatic carbocycles. The zero-order valence-corrected chi connectivity index (χ0v) is 19.6. The Kier molecular flexibility index (Phi) is 10.5. The van der Waals surface area contributed by atoms with Crippen molar-refractivity contribution < 1.29 is 0 Å². The SMILES string of the molecule is CCC(CC)c1cc(C(CC)CC)c(C(CC)CC)c(N)c1C(CC)CC. The Hall–Kier alpha value is -0.980. The van der Waals surface area contributed by atoms with Crippen molar-refractivity contribution in [1.29, 1.82) is 0 Å². The summed E-state index contributed by atoms with van der Waals surface area (Å²) in [5.74, 6) is 2.44. The van der Waals surface area contributed by atoms with Gasteiger partial charge in [0, 0.05) is 5.69 Å². The topological polar surface area (TPSA) is 26.0 Å². The smallest absolute Gasteiger partial charge is 0.0390 e. The highest BCUT2D eigenvalue weighted by molar-refractivity contribution is 5.64. The molecule has 0 saturated carbocycles. The molecule has 0 aliphatic rings. The second-order valence-corrected chi connectivity index (χ2v) is 8.35. The lowest BCUT2D eigenvalue weighted by atomic mass is 9.74. The normalized spacial score (nSPS) is 12.1. The van der Waals surface area contributed by atoms with E-state index in [1.54, 1.807) is 11.1 Å². The quantitative estimate of drug-likeness (QED) is 0.364. The molecule has 1 heteroatoms. The molecule has 2 N–H and O–H groups in total. The van der Waals surface area contributed by atoms with Gasteiger partial charge < -0.3 is 5.73 Å². The monoisotopic (exact) mass is 373 g/mol. The molecule has 0 bridgehead atoms. The standard InChI is InChI=1S/C26H47N/c1-9-18(10-2)22-17-23(19(11-3)12-4)25(21(15-7)16-8)26(27)24(22)20(13-5)14-6/h17-21H,9-16,27H2,1-8H3. The highest BCUT2D eigenvalue weighted by Crippen LogP contribution is 2.46. The van der Waals surface area contributed by atoms with Gasteiger partial charge in [-0.25, -0.2) is 0 Å². The summed E-state index contributed by atoms with van der Waals surface area (Å²) in [6, 6.07) is 2.62. The summed E-state index contributed by atoms with van der Waals surface area (Å²) < 4.78 is 0. The molecule has 1 aromatic carbocycles. The second kappa shape index (κ2) is 11.8. The van der Waals surface area contributed by atoms with Crippen LogP contribution in [0.4, 0.5) is 5.69 Å². The number of rotatable bonds is 12. The lowest BCUT2D eigenvalue weighted by Gasteiger charge is -2.32. The molecule has 1 rings (SSSR count). The third-order valence-corrected chi connectivity index (χ3v) is 7.15. The lowest BCUT2D eigenvalue weighted by molar-refractivity contribution is 0.571. The molecule has 27 heavy (non-hydrogen) atoms. The molecule has 0 heterocycles. The fourth-order valence-electron chi connectivity index (χ4n) is 5.22. The van der Waals surface area contributed by atoms with Crippen LogP contribution in [0, 0.1) is 0 Å². The minimum atomic E-state index is 0.587. The van der Waals surface area contributed by atoms with Crippen LogP contribution in [0.25, 0.3) is 0 Å².